The summed E-state index contributed by atoms with van der Waals surface area (Å²) >= 11 is 0. The summed E-state index contributed by atoms with van der Waals surface area (Å²) in [6.07, 6.45) is 0.904. The van der Waals surface area contributed by atoms with Gasteiger partial charge in [0.1, 0.15) is 6.61 Å². The highest BCUT2D eigenvalue weighted by molar-refractivity contribution is 5.80. The first kappa shape index (κ1) is 24.9. The quantitative estimate of drug-likeness (QED) is 0.139. The van der Waals surface area contributed by atoms with Gasteiger partial charge in [0.2, 0.25) is 5.88 Å². The lowest BCUT2D eigenvalue weighted by Crippen LogP contribution is -2.36. The average molecular weight is 465 g/mol. The zero-order valence-corrected chi connectivity index (χ0v) is 19.8. The number of nitrogens with zero attached hydrogens (tertiary/aromatic N) is 6. The highest BCUT2D eigenvalue weighted by Gasteiger charge is 2.14. The second-order valence-corrected chi connectivity index (χ2v) is 7.74. The van der Waals surface area contributed by atoms with E-state index < -0.39 is 0 Å². The molecule has 0 saturated carbocycles. The summed E-state index contributed by atoms with van der Waals surface area (Å²) in [7, 11) is 0. The molecule has 3 rings (SSSR count). The van der Waals surface area contributed by atoms with Crippen molar-refractivity contribution < 1.29 is 9.47 Å². The molecule has 0 radical (unpaired) electrons. The lowest BCUT2D eigenvalue weighted by atomic mass is 10.1. The van der Waals surface area contributed by atoms with Crippen molar-refractivity contribution in [1.29, 1.82) is 0 Å². The van der Waals surface area contributed by atoms with Crippen molar-refractivity contribution in [1.82, 2.24) is 15.7 Å². The lowest BCUT2D eigenvalue weighted by Gasteiger charge is -2.29. The van der Waals surface area contributed by atoms with E-state index in [9.17, 15) is 0 Å². The molecule has 0 unspecified atom stereocenters. The van der Waals surface area contributed by atoms with Crippen LogP contribution in [-0.4, -0.2) is 56.9 Å². The summed E-state index contributed by atoms with van der Waals surface area (Å²) in [5.74, 6) is 1.42. The largest absolute Gasteiger partial charge is 0.476 e. The first-order chi connectivity index (χ1) is 16.7. The van der Waals surface area contributed by atoms with Crippen LogP contribution in [0.5, 0.6) is 5.88 Å². The van der Waals surface area contributed by atoms with Gasteiger partial charge in [-0.2, -0.15) is 21.6 Å². The highest BCUT2D eigenvalue weighted by Crippen LogP contribution is 2.26. The van der Waals surface area contributed by atoms with E-state index in [0.717, 1.165) is 30.8 Å². The van der Waals surface area contributed by atoms with Gasteiger partial charge < -0.3 is 19.7 Å². The average Bonchev–Trinajstić information content (AvgIpc) is 2.85. The Bertz CT molecular complexity index is 1010. The first-order valence-electron chi connectivity index (χ1n) is 11.5. The van der Waals surface area contributed by atoms with Crippen molar-refractivity contribution >= 4 is 17.5 Å². The number of rotatable bonds is 10. The van der Waals surface area contributed by atoms with Crippen LogP contribution in [0.3, 0.4) is 0 Å². The molecule has 1 aliphatic rings. The summed E-state index contributed by atoms with van der Waals surface area (Å²) in [6.45, 7) is 16.0. The fraction of sp³-hybridized carbons (Fsp3) is 0.458. The number of ether oxygens (including phenoxy) is 2. The maximum absolute atomic E-state index is 6.97. The van der Waals surface area contributed by atoms with Gasteiger partial charge >= 0.3 is 0 Å². The summed E-state index contributed by atoms with van der Waals surface area (Å²) in [4.78, 5) is 14.2. The number of azo groups is 1. The summed E-state index contributed by atoms with van der Waals surface area (Å²) in [6, 6.07) is 12.0. The van der Waals surface area contributed by atoms with Gasteiger partial charge in [-0.05, 0) is 18.9 Å². The molecule has 0 spiro atoms. The number of aromatic nitrogens is 1. The molecular formula is C24H32N8O2. The molecule has 2 heterocycles. The molecule has 0 amide bonds. The Labute approximate surface area is 200 Å². The van der Waals surface area contributed by atoms with E-state index in [0.29, 0.717) is 57.1 Å². The van der Waals surface area contributed by atoms with Gasteiger partial charge in [0.05, 0.1) is 26.3 Å². The molecule has 1 saturated heterocycles. The maximum Gasteiger partial charge on any atom is 0.262 e. The smallest absolute Gasteiger partial charge is 0.262 e. The van der Waals surface area contributed by atoms with Gasteiger partial charge in [-0.1, -0.05) is 42.2 Å². The molecule has 1 aromatic carbocycles. The van der Waals surface area contributed by atoms with Crippen molar-refractivity contribution in [2.75, 3.05) is 50.9 Å². The Morgan fingerprint density at radius 2 is 2.12 bits per heavy atom. The van der Waals surface area contributed by atoms with Crippen LogP contribution in [0.1, 0.15) is 24.5 Å². The van der Waals surface area contributed by atoms with Gasteiger partial charge in [0, 0.05) is 37.5 Å². The van der Waals surface area contributed by atoms with E-state index in [4.69, 9.17) is 16.0 Å². The number of nitrogens with one attached hydrogen (secondary N) is 2. The standard InChI is InChI=1S/C24H32N8O2/c1-4-8-26-24(31-25-3)27-9-12-34-23-17-21(32-10-13-33-14-11-32)16-22(29-23)30-28-18-20-7-5-6-19(2)15-20/h5-7,15-17H,4,8-14,18H2,1-2H3,(H2,26,27,31). The van der Waals surface area contributed by atoms with Crippen LogP contribution < -0.4 is 20.4 Å². The second-order valence-electron chi connectivity index (χ2n) is 7.74. The number of benzene rings is 1. The van der Waals surface area contributed by atoms with E-state index in [1.807, 2.05) is 31.2 Å². The topological polar surface area (TPSA) is 100 Å². The lowest BCUT2D eigenvalue weighted by molar-refractivity contribution is 0.122. The minimum absolute atomic E-state index is 0.351. The minimum Gasteiger partial charge on any atom is -0.476 e. The zero-order valence-electron chi connectivity index (χ0n) is 19.8. The second kappa shape index (κ2) is 13.7. The van der Waals surface area contributed by atoms with Crippen LogP contribution >= 0.6 is 0 Å². The van der Waals surface area contributed by atoms with Gasteiger partial charge in [0.15, 0.2) is 5.82 Å². The summed E-state index contributed by atoms with van der Waals surface area (Å²) in [5.41, 5.74) is 5.80. The van der Waals surface area contributed by atoms with Crippen molar-refractivity contribution in [2.45, 2.75) is 26.8 Å². The molecule has 10 heteroatoms. The molecule has 1 aromatic heterocycles. The number of anilines is 1. The van der Waals surface area contributed by atoms with Crippen LogP contribution in [0.25, 0.3) is 4.95 Å². The molecule has 2 N–H and O–H groups in total. The fourth-order valence-corrected chi connectivity index (χ4v) is 3.34. The molecule has 1 aliphatic heterocycles. The fourth-order valence-electron chi connectivity index (χ4n) is 3.34. The number of hydrogen-bond acceptors (Lipinski definition) is 7. The molecular weight excluding hydrogens is 432 g/mol. The minimum atomic E-state index is 0.351. The number of hydrogen-bond donors (Lipinski definition) is 2. The molecule has 34 heavy (non-hydrogen) atoms. The normalized spacial score (nSPS) is 14.1. The Kier molecular flexibility index (Phi) is 10.1. The number of guanidine groups is 1. The third kappa shape index (κ3) is 8.33. The summed E-state index contributed by atoms with van der Waals surface area (Å²) < 4.78 is 11.4. The number of morpholine rings is 1. The van der Waals surface area contributed by atoms with Crippen LogP contribution in [0, 0.1) is 13.5 Å². The molecule has 2 aromatic rings. The van der Waals surface area contributed by atoms with E-state index >= 15 is 0 Å². The van der Waals surface area contributed by atoms with Crippen molar-refractivity contribution in [3.63, 3.8) is 0 Å². The van der Waals surface area contributed by atoms with Crippen LogP contribution in [0.4, 0.5) is 11.5 Å². The van der Waals surface area contributed by atoms with Gasteiger partial charge in [-0.3, -0.25) is 0 Å². The van der Waals surface area contributed by atoms with Crippen LogP contribution in [0.15, 0.2) is 51.6 Å². The van der Waals surface area contributed by atoms with Gasteiger partial charge in [-0.25, -0.2) is 4.99 Å². The Morgan fingerprint density at radius 3 is 2.88 bits per heavy atom. The monoisotopic (exact) mass is 464 g/mol. The third-order valence-electron chi connectivity index (χ3n) is 4.96. The molecule has 0 bridgehead atoms. The first-order valence-corrected chi connectivity index (χ1v) is 11.5. The Morgan fingerprint density at radius 1 is 1.26 bits per heavy atom. The van der Waals surface area contributed by atoms with Crippen molar-refractivity contribution in [3.8, 4) is 5.88 Å². The number of pyridine rings is 1. The van der Waals surface area contributed by atoms with Crippen LogP contribution in [-0.2, 0) is 11.3 Å². The highest BCUT2D eigenvalue weighted by atomic mass is 16.5. The number of aliphatic imine (C=N–C) groups is 1. The predicted molar refractivity (Wildman–Crippen MR) is 132 cm³/mol. The van der Waals surface area contributed by atoms with Crippen LogP contribution in [0.2, 0.25) is 0 Å². The van der Waals surface area contributed by atoms with Crippen molar-refractivity contribution in [3.05, 3.63) is 59.1 Å². The third-order valence-corrected chi connectivity index (χ3v) is 4.96. The van der Waals surface area contributed by atoms with Crippen molar-refractivity contribution in [2.24, 2.45) is 15.2 Å². The molecule has 0 aliphatic carbocycles. The molecule has 0 atom stereocenters. The molecule has 180 valence electrons. The zero-order chi connectivity index (χ0) is 24.0. The molecule has 1 fully saturated rings. The van der Waals surface area contributed by atoms with E-state index in [-0.39, 0.29) is 0 Å². The predicted octanol–water partition coefficient (Wildman–Crippen LogP) is 3.67. The summed E-state index contributed by atoms with van der Waals surface area (Å²) in [5, 5.41) is 11.8. The molecule has 10 nitrogen and oxygen atoms in total. The van der Waals surface area contributed by atoms with E-state index in [2.05, 4.69) is 59.9 Å². The number of aryl methyl sites for hydroxylation is 1. The van der Waals surface area contributed by atoms with E-state index in [1.165, 1.54) is 5.56 Å². The van der Waals surface area contributed by atoms with Gasteiger partial charge in [-0.15, -0.1) is 5.11 Å². The van der Waals surface area contributed by atoms with E-state index in [1.54, 1.807) is 0 Å². The SMILES string of the molecule is [C-]#[N+]NC(=NCCC)NCCOc1cc(N2CCOCC2)cc(N=NCc2cccc(C)c2)n1. The maximum atomic E-state index is 6.97. The Hall–Kier alpha value is -3.71. The Balaban J connectivity index is 1.66. The van der Waals surface area contributed by atoms with Gasteiger partial charge in [0.25, 0.3) is 5.96 Å².